The van der Waals surface area contributed by atoms with E-state index in [4.69, 9.17) is 19.2 Å². The first kappa shape index (κ1) is 22.7. The molecule has 0 atom stereocenters. The number of rotatable bonds is 7. The summed E-state index contributed by atoms with van der Waals surface area (Å²) < 4.78 is 16.4. The highest BCUT2D eigenvalue weighted by molar-refractivity contribution is 6.08. The second-order valence-corrected chi connectivity index (χ2v) is 7.36. The molecule has 0 aliphatic carbocycles. The Hall–Kier alpha value is -4.46. The lowest BCUT2D eigenvalue weighted by Gasteiger charge is -2.15. The molecule has 1 N–H and O–H groups in total. The van der Waals surface area contributed by atoms with Gasteiger partial charge in [-0.2, -0.15) is 5.10 Å². The number of methoxy groups -OCH3 is 3. The second-order valence-electron chi connectivity index (χ2n) is 7.36. The molecule has 4 rings (SSSR count). The number of pyridine rings is 2. The highest BCUT2D eigenvalue weighted by Gasteiger charge is 2.18. The second kappa shape index (κ2) is 9.99. The average molecular weight is 457 g/mol. The van der Waals surface area contributed by atoms with E-state index in [0.29, 0.717) is 50.7 Å². The van der Waals surface area contributed by atoms with Crippen LogP contribution < -0.4 is 19.6 Å². The normalized spacial score (nSPS) is 11.2. The largest absolute Gasteiger partial charge is 0.493 e. The zero-order valence-electron chi connectivity index (χ0n) is 19.3. The standard InChI is InChI=1S/C26H24N4O4/c1-16(17-9-11-27-12-10-17)29-30-26(31)20-15-22(28-21-8-6-5-7-19(20)21)18-13-23(32-2)25(34-4)24(14-18)33-3/h5-15H,1-4H3,(H,30,31)/b29-16+. The predicted molar refractivity (Wildman–Crippen MR) is 131 cm³/mol. The summed E-state index contributed by atoms with van der Waals surface area (Å²) in [7, 11) is 4.65. The number of carbonyl (C=O) groups excluding carboxylic acids is 1. The third kappa shape index (κ3) is 4.52. The van der Waals surface area contributed by atoms with Gasteiger partial charge in [0, 0.05) is 28.9 Å². The highest BCUT2D eigenvalue weighted by atomic mass is 16.5. The number of benzene rings is 2. The summed E-state index contributed by atoms with van der Waals surface area (Å²) in [6, 6.07) is 16.4. The van der Waals surface area contributed by atoms with Crippen LogP contribution in [0, 0.1) is 0 Å². The fraction of sp³-hybridized carbons (Fsp3) is 0.154. The van der Waals surface area contributed by atoms with Gasteiger partial charge in [0.05, 0.1) is 43.8 Å². The van der Waals surface area contributed by atoms with Crippen LogP contribution in [0.15, 0.2) is 72.1 Å². The lowest BCUT2D eigenvalue weighted by atomic mass is 10.0. The van der Waals surface area contributed by atoms with Gasteiger partial charge in [0.25, 0.3) is 5.91 Å². The molecule has 2 aromatic heterocycles. The summed E-state index contributed by atoms with van der Waals surface area (Å²) in [5.74, 6) is 1.12. The maximum Gasteiger partial charge on any atom is 0.272 e. The first-order chi connectivity index (χ1) is 16.5. The number of hydrogen-bond donors (Lipinski definition) is 1. The summed E-state index contributed by atoms with van der Waals surface area (Å²) in [6.45, 7) is 1.82. The van der Waals surface area contributed by atoms with Gasteiger partial charge < -0.3 is 14.2 Å². The van der Waals surface area contributed by atoms with Gasteiger partial charge in [-0.25, -0.2) is 10.4 Å². The average Bonchev–Trinajstić information content (AvgIpc) is 2.90. The molecule has 0 bridgehead atoms. The van der Waals surface area contributed by atoms with Gasteiger partial charge in [-0.15, -0.1) is 0 Å². The third-order valence-corrected chi connectivity index (χ3v) is 5.34. The summed E-state index contributed by atoms with van der Waals surface area (Å²) in [6.07, 6.45) is 3.35. The van der Waals surface area contributed by atoms with Gasteiger partial charge in [-0.1, -0.05) is 18.2 Å². The smallest absolute Gasteiger partial charge is 0.272 e. The number of amides is 1. The van der Waals surface area contributed by atoms with Crippen molar-refractivity contribution in [3.8, 4) is 28.5 Å². The molecule has 8 heteroatoms. The molecule has 2 aromatic carbocycles. The van der Waals surface area contributed by atoms with Crippen molar-refractivity contribution in [2.75, 3.05) is 21.3 Å². The van der Waals surface area contributed by atoms with Crippen molar-refractivity contribution < 1.29 is 19.0 Å². The minimum Gasteiger partial charge on any atom is -0.493 e. The molecule has 1 amide bonds. The summed E-state index contributed by atoms with van der Waals surface area (Å²) in [4.78, 5) is 22.0. The molecule has 172 valence electrons. The lowest BCUT2D eigenvalue weighted by Crippen LogP contribution is -2.20. The number of nitrogens with one attached hydrogen (secondary N) is 1. The number of fused-ring (bicyclic) bond motifs is 1. The topological polar surface area (TPSA) is 94.9 Å². The van der Waals surface area contributed by atoms with Crippen LogP contribution in [-0.4, -0.2) is 42.9 Å². The summed E-state index contributed by atoms with van der Waals surface area (Å²) in [5, 5.41) is 4.99. The molecule has 2 heterocycles. The van der Waals surface area contributed by atoms with Crippen molar-refractivity contribution in [3.05, 3.63) is 78.1 Å². The van der Waals surface area contributed by atoms with E-state index in [1.807, 2.05) is 43.3 Å². The van der Waals surface area contributed by atoms with Crippen LogP contribution in [0.25, 0.3) is 22.2 Å². The van der Waals surface area contributed by atoms with Crippen LogP contribution in [0.1, 0.15) is 22.8 Å². The fourth-order valence-corrected chi connectivity index (χ4v) is 3.59. The SMILES string of the molecule is COc1cc(-c2cc(C(=O)N/N=C(\C)c3ccncc3)c3ccccc3n2)cc(OC)c1OC. The molecule has 4 aromatic rings. The number of carbonyl (C=O) groups is 1. The minimum absolute atomic E-state index is 0.347. The molecule has 0 aliphatic heterocycles. The van der Waals surface area contributed by atoms with Crippen molar-refractivity contribution in [1.82, 2.24) is 15.4 Å². The van der Waals surface area contributed by atoms with Gasteiger partial charge in [0.1, 0.15) is 0 Å². The van der Waals surface area contributed by atoms with E-state index in [9.17, 15) is 4.79 Å². The highest BCUT2D eigenvalue weighted by Crippen LogP contribution is 2.41. The van der Waals surface area contributed by atoms with Crippen molar-refractivity contribution >= 4 is 22.5 Å². The van der Waals surface area contributed by atoms with Crippen LogP contribution in [0.2, 0.25) is 0 Å². The minimum atomic E-state index is -0.347. The Morgan fingerprint density at radius 3 is 2.24 bits per heavy atom. The molecule has 0 unspecified atom stereocenters. The molecule has 0 fully saturated rings. The molecular weight excluding hydrogens is 432 g/mol. The Balaban J connectivity index is 1.78. The van der Waals surface area contributed by atoms with Gasteiger partial charge in [-0.05, 0) is 43.3 Å². The first-order valence-corrected chi connectivity index (χ1v) is 10.5. The molecule has 0 saturated heterocycles. The number of aromatic nitrogens is 2. The summed E-state index contributed by atoms with van der Waals surface area (Å²) >= 11 is 0. The summed E-state index contributed by atoms with van der Waals surface area (Å²) in [5.41, 5.74) is 6.61. The molecule has 8 nitrogen and oxygen atoms in total. The molecule has 0 radical (unpaired) electrons. The molecular formula is C26H24N4O4. The molecule has 0 aliphatic rings. The quantitative estimate of drug-likeness (QED) is 0.326. The Kier molecular flexibility index (Phi) is 6.68. The van der Waals surface area contributed by atoms with Gasteiger partial charge in [0.2, 0.25) is 5.75 Å². The predicted octanol–water partition coefficient (Wildman–Crippen LogP) is 4.48. The van der Waals surface area contributed by atoms with E-state index in [0.717, 1.165) is 5.56 Å². The third-order valence-electron chi connectivity index (χ3n) is 5.34. The van der Waals surface area contributed by atoms with Gasteiger partial charge in [0.15, 0.2) is 11.5 Å². The van der Waals surface area contributed by atoms with E-state index in [1.54, 1.807) is 51.9 Å². The van der Waals surface area contributed by atoms with Crippen LogP contribution in [0.3, 0.4) is 0 Å². The number of hydrazone groups is 1. The maximum atomic E-state index is 13.2. The van der Waals surface area contributed by atoms with E-state index in [2.05, 4.69) is 15.5 Å². The Bertz CT molecular complexity index is 1350. The van der Waals surface area contributed by atoms with Crippen molar-refractivity contribution in [3.63, 3.8) is 0 Å². The number of nitrogens with zero attached hydrogens (tertiary/aromatic N) is 3. The Morgan fingerprint density at radius 2 is 1.59 bits per heavy atom. The van der Waals surface area contributed by atoms with Crippen molar-refractivity contribution in [2.24, 2.45) is 5.10 Å². The molecule has 0 spiro atoms. The van der Waals surface area contributed by atoms with E-state index < -0.39 is 0 Å². The lowest BCUT2D eigenvalue weighted by molar-refractivity contribution is 0.0956. The van der Waals surface area contributed by atoms with Gasteiger partial charge in [-0.3, -0.25) is 9.78 Å². The van der Waals surface area contributed by atoms with Gasteiger partial charge >= 0.3 is 0 Å². The zero-order valence-corrected chi connectivity index (χ0v) is 19.3. The monoisotopic (exact) mass is 456 g/mol. The molecule has 0 saturated carbocycles. The first-order valence-electron chi connectivity index (χ1n) is 10.5. The van der Waals surface area contributed by atoms with E-state index in [1.165, 1.54) is 0 Å². The van der Waals surface area contributed by atoms with E-state index in [-0.39, 0.29) is 5.91 Å². The van der Waals surface area contributed by atoms with Crippen LogP contribution >= 0.6 is 0 Å². The fourth-order valence-electron chi connectivity index (χ4n) is 3.59. The number of para-hydroxylation sites is 1. The number of hydrogen-bond acceptors (Lipinski definition) is 7. The number of ether oxygens (including phenoxy) is 3. The zero-order chi connectivity index (χ0) is 24.1. The van der Waals surface area contributed by atoms with Crippen LogP contribution in [0.4, 0.5) is 0 Å². The maximum absolute atomic E-state index is 13.2. The Labute approximate surface area is 197 Å². The Morgan fingerprint density at radius 1 is 0.912 bits per heavy atom. The van der Waals surface area contributed by atoms with Crippen molar-refractivity contribution in [2.45, 2.75) is 6.92 Å². The van der Waals surface area contributed by atoms with Crippen molar-refractivity contribution in [1.29, 1.82) is 0 Å². The van der Waals surface area contributed by atoms with Crippen LogP contribution in [0.5, 0.6) is 17.2 Å². The van der Waals surface area contributed by atoms with Crippen LogP contribution in [-0.2, 0) is 0 Å². The van der Waals surface area contributed by atoms with E-state index >= 15 is 0 Å². The molecule has 34 heavy (non-hydrogen) atoms.